The van der Waals surface area contributed by atoms with Crippen molar-refractivity contribution in [2.75, 3.05) is 13.2 Å². The Balaban J connectivity index is 1.64. The van der Waals surface area contributed by atoms with Gasteiger partial charge in [0.1, 0.15) is 5.75 Å². The number of nitrogens with one attached hydrogen (secondary N) is 2. The maximum absolute atomic E-state index is 12.3. The molecule has 0 heterocycles. The van der Waals surface area contributed by atoms with Crippen LogP contribution < -0.4 is 15.4 Å². The van der Waals surface area contributed by atoms with Gasteiger partial charge in [-0.05, 0) is 75.0 Å². The van der Waals surface area contributed by atoms with E-state index in [2.05, 4.69) is 23.6 Å². The summed E-state index contributed by atoms with van der Waals surface area (Å²) in [7, 11) is 0. The van der Waals surface area contributed by atoms with Gasteiger partial charge in [0.25, 0.3) is 5.91 Å². The van der Waals surface area contributed by atoms with E-state index in [0.717, 1.165) is 31.7 Å². The molecule has 5 heteroatoms. The monoisotopic (exact) mass is 402 g/mol. The first-order valence-electron chi connectivity index (χ1n) is 10.7. The Kier molecular flexibility index (Phi) is 10.7. The lowest BCUT2D eigenvalue weighted by Crippen LogP contribution is -2.39. The normalized spacial score (nSPS) is 13.5. The van der Waals surface area contributed by atoms with Gasteiger partial charge in [-0.15, -0.1) is 0 Å². The van der Waals surface area contributed by atoms with Crippen LogP contribution in [0.3, 0.4) is 0 Å². The van der Waals surface area contributed by atoms with E-state index < -0.39 is 0 Å². The van der Waals surface area contributed by atoms with Gasteiger partial charge in [0, 0.05) is 12.1 Å². The van der Waals surface area contributed by atoms with Crippen molar-refractivity contribution in [1.82, 2.24) is 10.6 Å². The van der Waals surface area contributed by atoms with E-state index in [1.54, 1.807) is 12.1 Å². The number of amides is 1. The summed E-state index contributed by atoms with van der Waals surface area (Å²) in [5, 5.41) is 6.25. The number of unbranched alkanes of at least 4 members (excludes halogenated alkanes) is 4. The van der Waals surface area contributed by atoms with Crippen LogP contribution in [0, 0.1) is 0 Å². The van der Waals surface area contributed by atoms with Crippen LogP contribution in [0.15, 0.2) is 35.9 Å². The summed E-state index contributed by atoms with van der Waals surface area (Å²) < 4.78 is 5.74. The predicted octanol–water partition coefficient (Wildman–Crippen LogP) is 5.53. The van der Waals surface area contributed by atoms with Crippen molar-refractivity contribution in [3.63, 3.8) is 0 Å². The molecule has 0 aliphatic heterocycles. The SMILES string of the molecule is CCCCCCCOc1ccc(C(=O)NC(=S)NCCC2=CCCCC2)cc1. The van der Waals surface area contributed by atoms with E-state index in [4.69, 9.17) is 17.0 Å². The van der Waals surface area contributed by atoms with Crippen LogP contribution in [0.2, 0.25) is 0 Å². The number of hydrogen-bond donors (Lipinski definition) is 2. The molecule has 1 aromatic rings. The molecular weight excluding hydrogens is 368 g/mol. The Labute approximate surface area is 175 Å². The summed E-state index contributed by atoms with van der Waals surface area (Å²) in [6.07, 6.45) is 14.4. The van der Waals surface area contributed by atoms with Gasteiger partial charge in [-0.2, -0.15) is 0 Å². The first kappa shape index (κ1) is 22.4. The highest BCUT2D eigenvalue weighted by Gasteiger charge is 2.09. The van der Waals surface area contributed by atoms with Gasteiger partial charge in [0.2, 0.25) is 0 Å². The number of hydrogen-bond acceptors (Lipinski definition) is 3. The molecule has 0 spiro atoms. The standard InChI is InChI=1S/C23H34N2O2S/c1-2-3-4-5-9-18-27-21-14-12-20(13-15-21)22(26)25-23(28)24-17-16-19-10-7-6-8-11-19/h10,12-15H,2-9,11,16-18H2,1H3,(H2,24,25,26,28). The number of allylic oxidation sites excluding steroid dienone is 1. The first-order valence-corrected chi connectivity index (χ1v) is 11.1. The van der Waals surface area contributed by atoms with E-state index in [0.29, 0.717) is 10.7 Å². The molecule has 1 aromatic carbocycles. The molecule has 0 saturated heterocycles. The zero-order valence-electron chi connectivity index (χ0n) is 17.1. The average Bonchev–Trinajstić information content (AvgIpc) is 2.72. The largest absolute Gasteiger partial charge is 0.494 e. The molecule has 0 fully saturated rings. The van der Waals surface area contributed by atoms with Crippen LogP contribution in [0.1, 0.15) is 81.5 Å². The van der Waals surface area contributed by atoms with Gasteiger partial charge in [0.15, 0.2) is 5.11 Å². The molecule has 4 nitrogen and oxygen atoms in total. The summed E-state index contributed by atoms with van der Waals surface area (Å²) in [5.41, 5.74) is 2.07. The Morgan fingerprint density at radius 2 is 1.89 bits per heavy atom. The topological polar surface area (TPSA) is 50.4 Å². The van der Waals surface area contributed by atoms with Gasteiger partial charge >= 0.3 is 0 Å². The highest BCUT2D eigenvalue weighted by molar-refractivity contribution is 7.80. The zero-order valence-corrected chi connectivity index (χ0v) is 17.9. The van der Waals surface area contributed by atoms with E-state index >= 15 is 0 Å². The van der Waals surface area contributed by atoms with Crippen LogP contribution >= 0.6 is 12.2 Å². The van der Waals surface area contributed by atoms with Gasteiger partial charge in [-0.3, -0.25) is 10.1 Å². The first-order chi connectivity index (χ1) is 13.7. The maximum atomic E-state index is 12.3. The second-order valence-electron chi connectivity index (χ2n) is 7.36. The van der Waals surface area contributed by atoms with Crippen molar-refractivity contribution in [2.45, 2.75) is 71.1 Å². The molecule has 0 aromatic heterocycles. The maximum Gasteiger partial charge on any atom is 0.257 e. The number of carbonyl (C=O) groups is 1. The highest BCUT2D eigenvalue weighted by Crippen LogP contribution is 2.19. The minimum Gasteiger partial charge on any atom is -0.494 e. The minimum absolute atomic E-state index is 0.194. The molecule has 0 bridgehead atoms. The molecule has 0 radical (unpaired) electrons. The molecule has 1 amide bonds. The molecule has 0 unspecified atom stereocenters. The Morgan fingerprint density at radius 1 is 1.11 bits per heavy atom. The lowest BCUT2D eigenvalue weighted by molar-refractivity contribution is 0.0976. The second kappa shape index (κ2) is 13.3. The van der Waals surface area contributed by atoms with Crippen molar-refractivity contribution in [3.05, 3.63) is 41.5 Å². The summed E-state index contributed by atoms with van der Waals surface area (Å²) in [6.45, 7) is 3.70. The summed E-state index contributed by atoms with van der Waals surface area (Å²) in [4.78, 5) is 12.3. The summed E-state index contributed by atoms with van der Waals surface area (Å²) >= 11 is 5.24. The van der Waals surface area contributed by atoms with E-state index in [1.807, 2.05) is 12.1 Å². The molecule has 0 atom stereocenters. The zero-order chi connectivity index (χ0) is 20.0. The fourth-order valence-corrected chi connectivity index (χ4v) is 3.48. The fraction of sp³-hybridized carbons (Fsp3) is 0.565. The average molecular weight is 403 g/mol. The van der Waals surface area contributed by atoms with Crippen LogP contribution in [-0.4, -0.2) is 24.2 Å². The highest BCUT2D eigenvalue weighted by atomic mass is 32.1. The summed E-state index contributed by atoms with van der Waals surface area (Å²) in [5.74, 6) is 0.606. The molecule has 2 rings (SSSR count). The lowest BCUT2D eigenvalue weighted by Gasteiger charge is -2.14. The molecular formula is C23H34N2O2S. The minimum atomic E-state index is -0.194. The van der Waals surface area contributed by atoms with Crippen molar-refractivity contribution >= 4 is 23.2 Å². The Hall–Kier alpha value is -1.88. The third-order valence-corrected chi connectivity index (χ3v) is 5.22. The molecule has 1 aliphatic rings. The quantitative estimate of drug-likeness (QED) is 0.290. The number of ether oxygens (including phenoxy) is 1. The number of benzene rings is 1. The fourth-order valence-electron chi connectivity index (χ4n) is 3.29. The smallest absolute Gasteiger partial charge is 0.257 e. The molecule has 0 saturated carbocycles. The number of thiocarbonyl (C=S) groups is 1. The third kappa shape index (κ3) is 8.87. The van der Waals surface area contributed by atoms with Crippen LogP contribution in [0.4, 0.5) is 0 Å². The van der Waals surface area contributed by atoms with Gasteiger partial charge in [-0.1, -0.05) is 44.3 Å². The number of rotatable bonds is 11. The van der Waals surface area contributed by atoms with E-state index in [1.165, 1.54) is 56.9 Å². The van der Waals surface area contributed by atoms with Crippen molar-refractivity contribution in [1.29, 1.82) is 0 Å². The second-order valence-corrected chi connectivity index (χ2v) is 7.76. The Morgan fingerprint density at radius 3 is 2.61 bits per heavy atom. The third-order valence-electron chi connectivity index (χ3n) is 4.98. The van der Waals surface area contributed by atoms with Crippen molar-refractivity contribution in [3.8, 4) is 5.75 Å². The van der Waals surface area contributed by atoms with Crippen LogP contribution in [0.5, 0.6) is 5.75 Å². The van der Waals surface area contributed by atoms with E-state index in [-0.39, 0.29) is 5.91 Å². The molecule has 2 N–H and O–H groups in total. The predicted molar refractivity (Wildman–Crippen MR) is 120 cm³/mol. The van der Waals surface area contributed by atoms with Crippen molar-refractivity contribution < 1.29 is 9.53 Å². The van der Waals surface area contributed by atoms with Crippen LogP contribution in [0.25, 0.3) is 0 Å². The molecule has 28 heavy (non-hydrogen) atoms. The van der Waals surface area contributed by atoms with E-state index in [9.17, 15) is 4.79 Å². The van der Waals surface area contributed by atoms with Crippen molar-refractivity contribution in [2.24, 2.45) is 0 Å². The molecule has 154 valence electrons. The summed E-state index contributed by atoms with van der Waals surface area (Å²) in [6, 6.07) is 7.23. The molecule has 1 aliphatic carbocycles. The van der Waals surface area contributed by atoms with Crippen LogP contribution in [-0.2, 0) is 0 Å². The van der Waals surface area contributed by atoms with Gasteiger partial charge in [-0.25, -0.2) is 0 Å². The number of carbonyl (C=O) groups excluding carboxylic acids is 1. The van der Waals surface area contributed by atoms with Gasteiger partial charge in [0.05, 0.1) is 6.61 Å². The lowest BCUT2D eigenvalue weighted by atomic mass is 9.97. The van der Waals surface area contributed by atoms with Gasteiger partial charge < -0.3 is 10.1 Å². The Bertz CT molecular complexity index is 641.